The predicted molar refractivity (Wildman–Crippen MR) is 88.4 cm³/mol. The predicted octanol–water partition coefficient (Wildman–Crippen LogP) is 3.39. The number of carboxylic acids is 1. The Morgan fingerprint density at radius 3 is 2.78 bits per heavy atom. The largest absolute Gasteiger partial charge is 0.478 e. The van der Waals surface area contributed by atoms with E-state index in [0.29, 0.717) is 12.2 Å². The van der Waals surface area contributed by atoms with Gasteiger partial charge in [-0.05, 0) is 42.6 Å². The van der Waals surface area contributed by atoms with E-state index in [1.165, 1.54) is 5.56 Å². The van der Waals surface area contributed by atoms with E-state index in [4.69, 9.17) is 9.84 Å². The third-order valence-electron chi connectivity index (χ3n) is 4.20. The lowest BCUT2D eigenvalue weighted by Gasteiger charge is -2.33. The zero-order valence-electron chi connectivity index (χ0n) is 12.9. The third kappa shape index (κ3) is 3.97. The van der Waals surface area contributed by atoms with Crippen LogP contribution in [0.15, 0.2) is 54.6 Å². The molecule has 120 valence electrons. The van der Waals surface area contributed by atoms with Gasteiger partial charge in [-0.15, -0.1) is 0 Å². The number of rotatable bonds is 5. The van der Waals surface area contributed by atoms with Crippen LogP contribution in [0.1, 0.15) is 40.4 Å². The normalized spacial score (nSPS) is 21.0. The van der Waals surface area contributed by atoms with E-state index in [9.17, 15) is 4.79 Å². The van der Waals surface area contributed by atoms with E-state index >= 15 is 0 Å². The first-order valence-corrected chi connectivity index (χ1v) is 7.96. The van der Waals surface area contributed by atoms with Crippen LogP contribution in [0.2, 0.25) is 0 Å². The molecule has 1 fully saturated rings. The van der Waals surface area contributed by atoms with Crippen molar-refractivity contribution in [3.63, 3.8) is 0 Å². The molecule has 0 spiro atoms. The number of ether oxygens (including phenoxy) is 1. The molecule has 4 nitrogen and oxygen atoms in total. The van der Waals surface area contributed by atoms with Gasteiger partial charge in [0.15, 0.2) is 0 Å². The molecule has 1 aliphatic rings. The highest BCUT2D eigenvalue weighted by Crippen LogP contribution is 2.26. The van der Waals surface area contributed by atoms with Crippen molar-refractivity contribution in [2.24, 2.45) is 0 Å². The van der Waals surface area contributed by atoms with Gasteiger partial charge in [-0.2, -0.15) is 0 Å². The lowest BCUT2D eigenvalue weighted by atomic mass is 9.94. The van der Waals surface area contributed by atoms with Crippen LogP contribution in [0.3, 0.4) is 0 Å². The summed E-state index contributed by atoms with van der Waals surface area (Å²) in [5.41, 5.74) is 2.42. The molecule has 2 atom stereocenters. The summed E-state index contributed by atoms with van der Waals surface area (Å²) in [6.45, 7) is 1.42. The average Bonchev–Trinajstić information content (AvgIpc) is 2.61. The van der Waals surface area contributed by atoms with Gasteiger partial charge < -0.3 is 15.2 Å². The summed E-state index contributed by atoms with van der Waals surface area (Å²) in [5, 5.41) is 12.6. The molecule has 1 saturated heterocycles. The van der Waals surface area contributed by atoms with Crippen LogP contribution >= 0.6 is 0 Å². The Morgan fingerprint density at radius 2 is 2.00 bits per heavy atom. The van der Waals surface area contributed by atoms with Gasteiger partial charge >= 0.3 is 5.97 Å². The zero-order chi connectivity index (χ0) is 16.1. The highest BCUT2D eigenvalue weighted by Gasteiger charge is 2.26. The van der Waals surface area contributed by atoms with Gasteiger partial charge in [0.1, 0.15) is 0 Å². The standard InChI is InChI=1S/C19H21NO3/c21-19(22)16-9-4-6-14(12-16)13-23-17-10-5-11-20-18(17)15-7-2-1-3-8-15/h1-4,6-9,12,17-18,20H,5,10-11,13H2,(H,21,22)/t17-,18-/m0/s1. The van der Waals surface area contributed by atoms with E-state index in [0.717, 1.165) is 24.9 Å². The third-order valence-corrected chi connectivity index (χ3v) is 4.20. The number of aromatic carboxylic acids is 1. The zero-order valence-corrected chi connectivity index (χ0v) is 12.9. The Morgan fingerprint density at radius 1 is 1.17 bits per heavy atom. The van der Waals surface area contributed by atoms with Crippen molar-refractivity contribution >= 4 is 5.97 Å². The fourth-order valence-corrected chi connectivity index (χ4v) is 3.03. The smallest absolute Gasteiger partial charge is 0.335 e. The Hall–Kier alpha value is -2.17. The molecule has 0 radical (unpaired) electrons. The van der Waals surface area contributed by atoms with Crippen LogP contribution in [-0.4, -0.2) is 23.7 Å². The summed E-state index contributed by atoms with van der Waals surface area (Å²) in [4.78, 5) is 11.0. The van der Waals surface area contributed by atoms with Crippen LogP contribution in [-0.2, 0) is 11.3 Å². The molecular formula is C19H21NO3. The molecule has 2 N–H and O–H groups in total. The molecule has 0 bridgehead atoms. The minimum absolute atomic E-state index is 0.0969. The number of carbonyl (C=O) groups is 1. The molecule has 23 heavy (non-hydrogen) atoms. The molecule has 0 aromatic heterocycles. The molecule has 1 aliphatic heterocycles. The molecule has 0 amide bonds. The van der Waals surface area contributed by atoms with Crippen LogP contribution in [0.25, 0.3) is 0 Å². The highest BCUT2D eigenvalue weighted by molar-refractivity contribution is 5.87. The number of carboxylic acid groups (broad SMARTS) is 1. The molecule has 4 heteroatoms. The molecule has 2 aromatic carbocycles. The van der Waals surface area contributed by atoms with Gasteiger partial charge in [-0.1, -0.05) is 42.5 Å². The summed E-state index contributed by atoms with van der Waals surface area (Å²) >= 11 is 0. The quantitative estimate of drug-likeness (QED) is 0.888. The monoisotopic (exact) mass is 311 g/mol. The highest BCUT2D eigenvalue weighted by atomic mass is 16.5. The number of hydrogen-bond donors (Lipinski definition) is 2. The Kier molecular flexibility index (Phi) is 5.05. The molecule has 0 aliphatic carbocycles. The number of nitrogens with one attached hydrogen (secondary N) is 1. The first-order valence-electron chi connectivity index (χ1n) is 7.96. The topological polar surface area (TPSA) is 58.6 Å². The maximum atomic E-state index is 11.0. The van der Waals surface area contributed by atoms with E-state index in [2.05, 4.69) is 17.4 Å². The average molecular weight is 311 g/mol. The van der Waals surface area contributed by atoms with E-state index < -0.39 is 5.97 Å². The fraction of sp³-hybridized carbons (Fsp3) is 0.316. The summed E-state index contributed by atoms with van der Waals surface area (Å²) in [6.07, 6.45) is 2.19. The summed E-state index contributed by atoms with van der Waals surface area (Å²) in [5.74, 6) is -0.909. The summed E-state index contributed by atoms with van der Waals surface area (Å²) in [6, 6.07) is 17.5. The molecule has 3 rings (SSSR count). The second-order valence-corrected chi connectivity index (χ2v) is 5.84. The summed E-state index contributed by atoms with van der Waals surface area (Å²) < 4.78 is 6.12. The van der Waals surface area contributed by atoms with Crippen LogP contribution in [0.5, 0.6) is 0 Å². The molecule has 0 saturated carbocycles. The van der Waals surface area contributed by atoms with Crippen molar-refractivity contribution in [2.45, 2.75) is 31.6 Å². The minimum atomic E-state index is -0.909. The Labute approximate surface area is 136 Å². The van der Waals surface area contributed by atoms with Gasteiger partial charge in [0.25, 0.3) is 0 Å². The maximum absolute atomic E-state index is 11.0. The van der Waals surface area contributed by atoms with Crippen molar-refractivity contribution in [1.82, 2.24) is 5.32 Å². The van der Waals surface area contributed by atoms with Crippen LogP contribution in [0.4, 0.5) is 0 Å². The van der Waals surface area contributed by atoms with Crippen molar-refractivity contribution in [3.8, 4) is 0 Å². The van der Waals surface area contributed by atoms with Crippen molar-refractivity contribution in [1.29, 1.82) is 0 Å². The lowest BCUT2D eigenvalue weighted by Crippen LogP contribution is -2.39. The maximum Gasteiger partial charge on any atom is 0.335 e. The fourth-order valence-electron chi connectivity index (χ4n) is 3.03. The molecule has 1 heterocycles. The molecule has 2 aromatic rings. The minimum Gasteiger partial charge on any atom is -0.478 e. The lowest BCUT2D eigenvalue weighted by molar-refractivity contribution is -0.00359. The number of benzene rings is 2. The van der Waals surface area contributed by atoms with Crippen molar-refractivity contribution < 1.29 is 14.6 Å². The first kappa shape index (κ1) is 15.7. The van der Waals surface area contributed by atoms with Gasteiger partial charge in [-0.25, -0.2) is 4.79 Å². The molecule has 0 unspecified atom stereocenters. The SMILES string of the molecule is O=C(O)c1cccc(CO[C@H]2CCCN[C@H]2c2ccccc2)c1. The van der Waals surface area contributed by atoms with E-state index in [1.54, 1.807) is 18.2 Å². The number of piperidine rings is 1. The second-order valence-electron chi connectivity index (χ2n) is 5.84. The van der Waals surface area contributed by atoms with Crippen molar-refractivity contribution in [3.05, 3.63) is 71.3 Å². The Bertz CT molecular complexity index is 657. The first-order chi connectivity index (χ1) is 11.2. The van der Waals surface area contributed by atoms with Crippen LogP contribution < -0.4 is 5.32 Å². The van der Waals surface area contributed by atoms with Crippen molar-refractivity contribution in [2.75, 3.05) is 6.54 Å². The van der Waals surface area contributed by atoms with E-state index in [-0.39, 0.29) is 12.1 Å². The number of hydrogen-bond acceptors (Lipinski definition) is 3. The second kappa shape index (κ2) is 7.40. The van der Waals surface area contributed by atoms with Gasteiger partial charge in [0.05, 0.1) is 24.3 Å². The Balaban J connectivity index is 1.68. The molecular weight excluding hydrogens is 290 g/mol. The van der Waals surface area contributed by atoms with Gasteiger partial charge in [0, 0.05) is 0 Å². The van der Waals surface area contributed by atoms with Gasteiger partial charge in [-0.3, -0.25) is 0 Å². The van der Waals surface area contributed by atoms with Crippen LogP contribution in [0, 0.1) is 0 Å². The summed E-state index contributed by atoms with van der Waals surface area (Å²) in [7, 11) is 0. The van der Waals surface area contributed by atoms with Gasteiger partial charge in [0.2, 0.25) is 0 Å². The van der Waals surface area contributed by atoms with E-state index in [1.807, 2.05) is 24.3 Å².